The molecule has 0 saturated carbocycles. The minimum atomic E-state index is -0.798. The fraction of sp³-hybridized carbons (Fsp3) is 0.655. The topological polar surface area (TPSA) is 78.9 Å². The normalized spacial score (nSPS) is 12.9. The van der Waals surface area contributed by atoms with Gasteiger partial charge in [-0.1, -0.05) is 221 Å². The predicted octanol–water partition coefficient (Wildman–Crippen LogP) is 16.2. The number of unbranched alkanes of at least 4 members (excludes halogenated alkanes) is 21. The van der Waals surface area contributed by atoms with Gasteiger partial charge in [0.1, 0.15) is 13.2 Å². The van der Waals surface area contributed by atoms with Gasteiger partial charge in [0, 0.05) is 19.3 Å². The third-order valence-electron chi connectivity index (χ3n) is 10.2. The average molecular weight is 847 g/mol. The van der Waals surface area contributed by atoms with Crippen LogP contribution in [0.3, 0.4) is 0 Å². The second-order valence-corrected chi connectivity index (χ2v) is 16.1. The quantitative estimate of drug-likeness (QED) is 0.0200. The Balaban J connectivity index is 4.46. The Kier molecular flexibility index (Phi) is 46.0. The Bertz CT molecular complexity index is 1250. The number of carbonyl (C=O) groups excluding carboxylic acids is 3. The van der Waals surface area contributed by atoms with E-state index in [1.54, 1.807) is 0 Å². The molecule has 0 saturated heterocycles. The van der Waals surface area contributed by atoms with E-state index in [4.69, 9.17) is 14.2 Å². The first-order valence-corrected chi connectivity index (χ1v) is 24.8. The SMILES string of the molecule is CC\C=C/C=C\C=C/C=C\C=C\C=C/CCCCCC(=O)OCC(COC(=O)CCCCCCCCCCC)OC(=O)CCCCCCCCC/C=C\C/C=C\CCCCC. The van der Waals surface area contributed by atoms with Gasteiger partial charge in [0.2, 0.25) is 0 Å². The van der Waals surface area contributed by atoms with Crippen LogP contribution in [0.15, 0.2) is 97.2 Å². The Hall–Kier alpha value is -3.67. The lowest BCUT2D eigenvalue weighted by molar-refractivity contribution is -0.167. The summed E-state index contributed by atoms with van der Waals surface area (Å²) in [5, 5.41) is 0. The third kappa shape index (κ3) is 47.2. The van der Waals surface area contributed by atoms with E-state index in [1.165, 1.54) is 89.9 Å². The van der Waals surface area contributed by atoms with E-state index in [0.29, 0.717) is 19.3 Å². The summed E-state index contributed by atoms with van der Waals surface area (Å²) in [4.78, 5) is 37.8. The van der Waals surface area contributed by atoms with Crippen LogP contribution in [0.1, 0.15) is 213 Å². The van der Waals surface area contributed by atoms with Gasteiger partial charge >= 0.3 is 17.9 Å². The maximum atomic E-state index is 12.8. The summed E-state index contributed by atoms with van der Waals surface area (Å²) >= 11 is 0. The molecule has 0 aliphatic rings. The molecule has 61 heavy (non-hydrogen) atoms. The van der Waals surface area contributed by atoms with Crippen molar-refractivity contribution in [1.29, 1.82) is 0 Å². The Morgan fingerprint density at radius 2 is 0.705 bits per heavy atom. The molecule has 0 amide bonds. The molecule has 0 spiro atoms. The Morgan fingerprint density at radius 1 is 0.361 bits per heavy atom. The third-order valence-corrected chi connectivity index (χ3v) is 10.2. The lowest BCUT2D eigenvalue weighted by Crippen LogP contribution is -2.30. The van der Waals surface area contributed by atoms with Crippen molar-refractivity contribution in [2.75, 3.05) is 13.2 Å². The first-order chi connectivity index (χ1) is 30.0. The van der Waals surface area contributed by atoms with E-state index in [9.17, 15) is 14.4 Å². The second kappa shape index (κ2) is 49.0. The van der Waals surface area contributed by atoms with Crippen molar-refractivity contribution in [3.63, 3.8) is 0 Å². The smallest absolute Gasteiger partial charge is 0.306 e. The highest BCUT2D eigenvalue weighted by Crippen LogP contribution is 2.14. The molecular weight excluding hydrogens is 757 g/mol. The molecule has 346 valence electrons. The molecule has 1 unspecified atom stereocenters. The van der Waals surface area contributed by atoms with Gasteiger partial charge in [-0.05, 0) is 70.6 Å². The lowest BCUT2D eigenvalue weighted by Gasteiger charge is -2.18. The van der Waals surface area contributed by atoms with Crippen LogP contribution in [-0.2, 0) is 28.6 Å². The van der Waals surface area contributed by atoms with Gasteiger partial charge in [0.15, 0.2) is 6.10 Å². The molecule has 0 N–H and O–H groups in total. The summed E-state index contributed by atoms with van der Waals surface area (Å²) in [7, 11) is 0. The fourth-order valence-corrected chi connectivity index (χ4v) is 6.50. The second-order valence-electron chi connectivity index (χ2n) is 16.1. The van der Waals surface area contributed by atoms with Gasteiger partial charge in [-0.3, -0.25) is 14.4 Å². The Labute approximate surface area is 375 Å². The van der Waals surface area contributed by atoms with Crippen LogP contribution in [0, 0.1) is 0 Å². The molecule has 6 heteroatoms. The van der Waals surface area contributed by atoms with Crippen LogP contribution in [0.2, 0.25) is 0 Å². The largest absolute Gasteiger partial charge is 0.462 e. The van der Waals surface area contributed by atoms with E-state index in [-0.39, 0.29) is 31.1 Å². The lowest BCUT2D eigenvalue weighted by atomic mass is 10.1. The molecule has 0 rings (SSSR count). The van der Waals surface area contributed by atoms with E-state index in [1.807, 2.05) is 60.8 Å². The predicted molar refractivity (Wildman–Crippen MR) is 260 cm³/mol. The molecule has 0 aromatic rings. The Morgan fingerprint density at radius 3 is 1.18 bits per heavy atom. The van der Waals surface area contributed by atoms with Gasteiger partial charge in [0.25, 0.3) is 0 Å². The van der Waals surface area contributed by atoms with Crippen LogP contribution < -0.4 is 0 Å². The van der Waals surface area contributed by atoms with Gasteiger partial charge in [0.05, 0.1) is 0 Å². The highest BCUT2D eigenvalue weighted by Gasteiger charge is 2.19. The summed E-state index contributed by atoms with van der Waals surface area (Å²) in [5.74, 6) is -0.956. The number of hydrogen-bond acceptors (Lipinski definition) is 6. The van der Waals surface area contributed by atoms with Crippen LogP contribution in [-0.4, -0.2) is 37.2 Å². The van der Waals surface area contributed by atoms with Gasteiger partial charge in [-0.25, -0.2) is 0 Å². The molecule has 0 bridgehead atoms. The number of ether oxygens (including phenoxy) is 3. The van der Waals surface area contributed by atoms with E-state index in [0.717, 1.165) is 83.5 Å². The fourth-order valence-electron chi connectivity index (χ4n) is 6.50. The van der Waals surface area contributed by atoms with Crippen molar-refractivity contribution >= 4 is 17.9 Å². The summed E-state index contributed by atoms with van der Waals surface area (Å²) in [6, 6.07) is 0. The molecule has 0 fully saturated rings. The molecule has 0 heterocycles. The van der Waals surface area contributed by atoms with Gasteiger partial charge in [-0.15, -0.1) is 0 Å². The monoisotopic (exact) mass is 847 g/mol. The molecule has 1 atom stereocenters. The first-order valence-electron chi connectivity index (χ1n) is 24.8. The van der Waals surface area contributed by atoms with Crippen molar-refractivity contribution in [2.24, 2.45) is 0 Å². The zero-order chi connectivity index (χ0) is 44.4. The molecule has 0 aliphatic carbocycles. The van der Waals surface area contributed by atoms with Gasteiger partial charge in [-0.2, -0.15) is 0 Å². The number of rotatable bonds is 43. The van der Waals surface area contributed by atoms with Crippen LogP contribution in [0.25, 0.3) is 0 Å². The molecule has 0 aliphatic heterocycles. The molecular formula is C55H90O6. The van der Waals surface area contributed by atoms with Crippen molar-refractivity contribution in [2.45, 2.75) is 219 Å². The van der Waals surface area contributed by atoms with E-state index < -0.39 is 6.10 Å². The highest BCUT2D eigenvalue weighted by molar-refractivity contribution is 5.71. The van der Waals surface area contributed by atoms with E-state index in [2.05, 4.69) is 57.2 Å². The summed E-state index contributed by atoms with van der Waals surface area (Å²) in [5.41, 5.74) is 0. The minimum absolute atomic E-state index is 0.0955. The summed E-state index contributed by atoms with van der Waals surface area (Å²) in [6.07, 6.45) is 63.8. The van der Waals surface area contributed by atoms with E-state index >= 15 is 0 Å². The van der Waals surface area contributed by atoms with Crippen molar-refractivity contribution in [1.82, 2.24) is 0 Å². The number of carbonyl (C=O) groups is 3. The standard InChI is InChI=1S/C55H90O6/c1-4-7-10-13-16-19-21-23-25-27-29-31-33-36-39-42-45-48-54(57)60-51-52(50-59-53(56)47-44-41-38-35-18-15-12-9-6-3)61-55(58)49-46-43-40-37-34-32-30-28-26-24-22-20-17-14-11-8-5-2/h7,10,13,16-17,19-21,23-27,29,31,33,52H,4-6,8-9,11-12,14-15,18,22,28,30,32,34-51H2,1-3H3/b10-7-,16-13-,20-17-,21-19-,25-23-,26-24-,29-27+,33-31-. The van der Waals surface area contributed by atoms with Crippen LogP contribution in [0.4, 0.5) is 0 Å². The highest BCUT2D eigenvalue weighted by atomic mass is 16.6. The van der Waals surface area contributed by atoms with Crippen molar-refractivity contribution < 1.29 is 28.6 Å². The maximum Gasteiger partial charge on any atom is 0.306 e. The summed E-state index contributed by atoms with van der Waals surface area (Å²) in [6.45, 7) is 6.39. The molecule has 0 aromatic heterocycles. The maximum absolute atomic E-state index is 12.8. The molecule has 0 aromatic carbocycles. The number of hydrogen-bond donors (Lipinski definition) is 0. The minimum Gasteiger partial charge on any atom is -0.462 e. The summed E-state index contributed by atoms with van der Waals surface area (Å²) < 4.78 is 16.7. The van der Waals surface area contributed by atoms with Crippen molar-refractivity contribution in [3.8, 4) is 0 Å². The van der Waals surface area contributed by atoms with Crippen LogP contribution in [0.5, 0.6) is 0 Å². The van der Waals surface area contributed by atoms with Crippen LogP contribution >= 0.6 is 0 Å². The molecule has 6 nitrogen and oxygen atoms in total. The zero-order valence-electron chi connectivity index (χ0n) is 39.4. The number of allylic oxidation sites excluding steroid dienone is 16. The number of esters is 3. The molecule has 0 radical (unpaired) electrons. The van der Waals surface area contributed by atoms with Gasteiger partial charge < -0.3 is 14.2 Å². The average Bonchev–Trinajstić information content (AvgIpc) is 3.26. The zero-order valence-corrected chi connectivity index (χ0v) is 39.4. The first kappa shape index (κ1) is 57.3. The van der Waals surface area contributed by atoms with Crippen molar-refractivity contribution in [3.05, 3.63) is 97.2 Å².